The van der Waals surface area contributed by atoms with Crippen molar-refractivity contribution in [2.24, 2.45) is 7.05 Å². The largest absolute Gasteiger partial charge is 0.493 e. The third-order valence-electron chi connectivity index (χ3n) is 4.71. The molecule has 152 valence electrons. The first-order chi connectivity index (χ1) is 14.0. The monoisotopic (exact) mass is 398 g/mol. The summed E-state index contributed by atoms with van der Waals surface area (Å²) in [5.74, 6) is 2.13. The zero-order chi connectivity index (χ0) is 20.5. The van der Waals surface area contributed by atoms with Gasteiger partial charge in [-0.15, -0.1) is 0 Å². The molecular formula is C19H22N6O4. The number of aromatic nitrogens is 5. The second kappa shape index (κ2) is 7.55. The molecule has 0 spiro atoms. The number of amides is 1. The Balaban J connectivity index is 1.78. The van der Waals surface area contributed by atoms with Gasteiger partial charge in [0.15, 0.2) is 17.3 Å². The number of morpholine rings is 1. The van der Waals surface area contributed by atoms with Gasteiger partial charge < -0.3 is 19.5 Å². The number of hydrogen-bond donors (Lipinski definition) is 1. The lowest BCUT2D eigenvalue weighted by molar-refractivity contribution is -0.138. The van der Waals surface area contributed by atoms with E-state index in [0.717, 1.165) is 11.3 Å². The molecule has 3 aromatic rings. The summed E-state index contributed by atoms with van der Waals surface area (Å²) in [4.78, 5) is 16.7. The van der Waals surface area contributed by atoms with E-state index >= 15 is 0 Å². The lowest BCUT2D eigenvalue weighted by atomic mass is 9.98. The summed E-state index contributed by atoms with van der Waals surface area (Å²) in [6.07, 6.45) is 2.99. The molecule has 4 rings (SSSR count). The number of rotatable bonds is 5. The molecule has 0 radical (unpaired) electrons. The predicted octanol–water partition coefficient (Wildman–Crippen LogP) is 1.26. The second-order valence-corrected chi connectivity index (χ2v) is 6.69. The van der Waals surface area contributed by atoms with Gasteiger partial charge in [0.2, 0.25) is 5.91 Å². The van der Waals surface area contributed by atoms with E-state index in [2.05, 4.69) is 20.5 Å². The van der Waals surface area contributed by atoms with Crippen molar-refractivity contribution in [3.05, 3.63) is 47.8 Å². The van der Waals surface area contributed by atoms with Crippen LogP contribution in [0.5, 0.6) is 11.5 Å². The molecule has 0 saturated carbocycles. The maximum absolute atomic E-state index is 12.1. The minimum absolute atomic E-state index is 0.0621. The summed E-state index contributed by atoms with van der Waals surface area (Å²) in [5.41, 5.74) is 1.56. The van der Waals surface area contributed by atoms with Crippen molar-refractivity contribution in [3.63, 3.8) is 0 Å². The van der Waals surface area contributed by atoms with E-state index in [1.54, 1.807) is 35.8 Å². The number of carbonyl (C=O) groups excluding carboxylic acids is 1. The molecule has 1 aliphatic rings. The fourth-order valence-electron chi connectivity index (χ4n) is 3.40. The van der Waals surface area contributed by atoms with E-state index in [4.69, 9.17) is 14.2 Å². The van der Waals surface area contributed by atoms with Gasteiger partial charge in [-0.3, -0.25) is 9.48 Å². The van der Waals surface area contributed by atoms with Gasteiger partial charge in [0.25, 0.3) is 0 Å². The van der Waals surface area contributed by atoms with Crippen molar-refractivity contribution in [3.8, 4) is 17.2 Å². The fourth-order valence-corrected chi connectivity index (χ4v) is 3.40. The minimum Gasteiger partial charge on any atom is -0.493 e. The Bertz CT molecular complexity index is 1040. The van der Waals surface area contributed by atoms with E-state index in [1.807, 2.05) is 32.3 Å². The molecule has 1 amide bonds. The maximum atomic E-state index is 12.1. The maximum Gasteiger partial charge on any atom is 0.246 e. The van der Waals surface area contributed by atoms with Crippen LogP contribution in [-0.2, 0) is 16.6 Å². The van der Waals surface area contributed by atoms with Gasteiger partial charge in [0, 0.05) is 7.05 Å². The van der Waals surface area contributed by atoms with Crippen molar-refractivity contribution in [1.29, 1.82) is 0 Å². The summed E-state index contributed by atoms with van der Waals surface area (Å²) in [7, 11) is 4.97. The molecule has 0 unspecified atom stereocenters. The standard InChI is InChI=1S/C19H22N6O4/c1-11-21-19(25(23-11)13-8-20-24(2)9-13)18-17(22-16(26)10-29-18)12-5-6-14(27-3)15(7-12)28-4/h5-9,17-18H,10H2,1-4H3,(H,22,26)/t17-,18+/m1/s1. The highest BCUT2D eigenvalue weighted by atomic mass is 16.5. The van der Waals surface area contributed by atoms with Crippen LogP contribution in [0, 0.1) is 6.92 Å². The number of carbonyl (C=O) groups is 1. The molecule has 1 aromatic carbocycles. The zero-order valence-electron chi connectivity index (χ0n) is 16.6. The van der Waals surface area contributed by atoms with Gasteiger partial charge in [-0.1, -0.05) is 6.07 Å². The van der Waals surface area contributed by atoms with Crippen molar-refractivity contribution in [2.45, 2.75) is 19.1 Å². The van der Waals surface area contributed by atoms with Crippen molar-refractivity contribution in [2.75, 3.05) is 20.8 Å². The van der Waals surface area contributed by atoms with Crippen LogP contribution in [0.4, 0.5) is 0 Å². The quantitative estimate of drug-likeness (QED) is 0.690. The van der Waals surface area contributed by atoms with Crippen LogP contribution >= 0.6 is 0 Å². The Morgan fingerprint density at radius 1 is 1.24 bits per heavy atom. The molecular weight excluding hydrogens is 376 g/mol. The number of nitrogens with one attached hydrogen (secondary N) is 1. The lowest BCUT2D eigenvalue weighted by Crippen LogP contribution is -2.42. The number of nitrogens with zero attached hydrogens (tertiary/aromatic N) is 5. The number of aryl methyl sites for hydroxylation is 2. The number of methoxy groups -OCH3 is 2. The summed E-state index contributed by atoms with van der Waals surface area (Å²) in [6, 6.07) is 5.01. The first kappa shape index (κ1) is 18.9. The van der Waals surface area contributed by atoms with E-state index in [-0.39, 0.29) is 12.5 Å². The third kappa shape index (κ3) is 3.54. The van der Waals surface area contributed by atoms with Crippen LogP contribution < -0.4 is 14.8 Å². The SMILES string of the molecule is COc1ccc([C@H]2NC(=O)CO[C@@H]2c2nc(C)nn2-c2cnn(C)c2)cc1OC. The normalized spacial score (nSPS) is 19.1. The highest BCUT2D eigenvalue weighted by Crippen LogP contribution is 2.38. The molecule has 0 aliphatic carbocycles. The van der Waals surface area contributed by atoms with Crippen molar-refractivity contribution >= 4 is 5.91 Å². The summed E-state index contributed by atoms with van der Waals surface area (Å²) < 4.78 is 20.0. The topological polar surface area (TPSA) is 105 Å². The van der Waals surface area contributed by atoms with E-state index in [1.165, 1.54) is 0 Å². The Hall–Kier alpha value is -3.40. The molecule has 10 nitrogen and oxygen atoms in total. The summed E-state index contributed by atoms with van der Waals surface area (Å²) in [5, 5.41) is 11.7. The van der Waals surface area contributed by atoms with Crippen molar-refractivity contribution < 1.29 is 19.0 Å². The molecule has 2 atom stereocenters. The second-order valence-electron chi connectivity index (χ2n) is 6.69. The number of ether oxygens (including phenoxy) is 3. The van der Waals surface area contributed by atoms with Crippen LogP contribution in [0.15, 0.2) is 30.6 Å². The summed E-state index contributed by atoms with van der Waals surface area (Å²) >= 11 is 0. The smallest absolute Gasteiger partial charge is 0.246 e. The highest BCUT2D eigenvalue weighted by Gasteiger charge is 2.36. The van der Waals surface area contributed by atoms with Gasteiger partial charge in [0.1, 0.15) is 24.2 Å². The Kier molecular flexibility index (Phi) is 4.93. The van der Waals surface area contributed by atoms with E-state index in [0.29, 0.717) is 23.1 Å². The molecule has 3 heterocycles. The Morgan fingerprint density at radius 2 is 2.03 bits per heavy atom. The molecule has 1 fully saturated rings. The first-order valence-corrected chi connectivity index (χ1v) is 9.05. The zero-order valence-corrected chi connectivity index (χ0v) is 16.6. The number of benzene rings is 1. The van der Waals surface area contributed by atoms with Crippen LogP contribution in [0.1, 0.15) is 29.4 Å². The van der Waals surface area contributed by atoms with Gasteiger partial charge in [-0.25, -0.2) is 9.67 Å². The molecule has 1 N–H and O–H groups in total. The van der Waals surface area contributed by atoms with Crippen LogP contribution in [-0.4, -0.2) is 51.3 Å². The Labute approximate surface area is 167 Å². The van der Waals surface area contributed by atoms with Crippen LogP contribution in [0.3, 0.4) is 0 Å². The fraction of sp³-hybridized carbons (Fsp3) is 0.368. The highest BCUT2D eigenvalue weighted by molar-refractivity contribution is 5.78. The van der Waals surface area contributed by atoms with Crippen LogP contribution in [0.25, 0.3) is 5.69 Å². The molecule has 1 saturated heterocycles. The third-order valence-corrected chi connectivity index (χ3v) is 4.71. The van der Waals surface area contributed by atoms with Gasteiger partial charge in [-0.05, 0) is 24.6 Å². The van der Waals surface area contributed by atoms with E-state index < -0.39 is 12.1 Å². The molecule has 1 aliphatic heterocycles. The van der Waals surface area contributed by atoms with Gasteiger partial charge in [-0.2, -0.15) is 10.2 Å². The Morgan fingerprint density at radius 3 is 2.72 bits per heavy atom. The van der Waals surface area contributed by atoms with E-state index in [9.17, 15) is 4.79 Å². The van der Waals surface area contributed by atoms with Crippen molar-refractivity contribution in [1.82, 2.24) is 29.9 Å². The minimum atomic E-state index is -0.549. The molecule has 29 heavy (non-hydrogen) atoms. The van der Waals surface area contributed by atoms with Gasteiger partial charge in [0.05, 0.1) is 32.7 Å². The molecule has 10 heteroatoms. The molecule has 0 bridgehead atoms. The van der Waals surface area contributed by atoms with Crippen LogP contribution in [0.2, 0.25) is 0 Å². The van der Waals surface area contributed by atoms with Gasteiger partial charge >= 0.3 is 0 Å². The average Bonchev–Trinajstić information content (AvgIpc) is 3.32. The molecule has 2 aromatic heterocycles. The summed E-state index contributed by atoms with van der Waals surface area (Å²) in [6.45, 7) is 1.75. The lowest BCUT2D eigenvalue weighted by Gasteiger charge is -2.32. The number of hydrogen-bond acceptors (Lipinski definition) is 7. The average molecular weight is 398 g/mol. The predicted molar refractivity (Wildman–Crippen MR) is 102 cm³/mol. The first-order valence-electron chi connectivity index (χ1n) is 9.05.